The Morgan fingerprint density at radius 2 is 1.94 bits per heavy atom. The molecule has 0 saturated carbocycles. The van der Waals surface area contributed by atoms with Crippen LogP contribution in [0.15, 0.2) is 16.6 Å². The molecule has 7 heteroatoms. The molecule has 0 amide bonds. The highest BCUT2D eigenvalue weighted by Crippen LogP contribution is 2.30. The van der Waals surface area contributed by atoms with Gasteiger partial charge in [-0.2, -0.15) is 13.2 Å². The predicted octanol–water partition coefficient (Wildman–Crippen LogP) is 3.05. The maximum absolute atomic E-state index is 13.8. The summed E-state index contributed by atoms with van der Waals surface area (Å²) in [5.41, 5.74) is 5.74. The molecule has 0 aliphatic carbocycles. The van der Waals surface area contributed by atoms with E-state index in [1.807, 2.05) is 0 Å². The van der Waals surface area contributed by atoms with Crippen LogP contribution < -0.4 is 10.6 Å². The molecule has 1 aromatic rings. The molecule has 0 aliphatic rings. The van der Waals surface area contributed by atoms with Gasteiger partial charge in [0.2, 0.25) is 0 Å². The zero-order valence-corrected chi connectivity index (χ0v) is 10.6. The van der Waals surface area contributed by atoms with Gasteiger partial charge in [0.15, 0.2) is 5.82 Å². The number of nitrogens with two attached hydrogens (primary N) is 1. The van der Waals surface area contributed by atoms with Crippen LogP contribution in [0, 0.1) is 5.82 Å². The van der Waals surface area contributed by atoms with Crippen LogP contribution in [0.2, 0.25) is 0 Å². The van der Waals surface area contributed by atoms with Crippen molar-refractivity contribution in [1.29, 1.82) is 0 Å². The van der Waals surface area contributed by atoms with Gasteiger partial charge in [-0.3, -0.25) is 0 Å². The van der Waals surface area contributed by atoms with E-state index in [0.29, 0.717) is 5.56 Å². The summed E-state index contributed by atoms with van der Waals surface area (Å²) in [6, 6.07) is 2.78. The van der Waals surface area contributed by atoms with Gasteiger partial charge < -0.3 is 10.6 Å². The second-order valence-corrected chi connectivity index (χ2v) is 4.34. The van der Waals surface area contributed by atoms with E-state index in [0.717, 1.165) is 4.90 Å². The molecule has 0 bridgehead atoms. The third-order valence-electron chi connectivity index (χ3n) is 2.19. The summed E-state index contributed by atoms with van der Waals surface area (Å²) in [7, 11) is 1.18. The minimum Gasteiger partial charge on any atom is -0.363 e. The largest absolute Gasteiger partial charge is 0.405 e. The van der Waals surface area contributed by atoms with Crippen LogP contribution in [-0.4, -0.2) is 19.8 Å². The van der Waals surface area contributed by atoms with E-state index in [9.17, 15) is 17.6 Å². The highest BCUT2D eigenvalue weighted by atomic mass is 79.9. The fraction of sp³-hybridized carbons (Fsp3) is 0.400. The molecule has 2 nitrogen and oxygen atoms in total. The standard InChI is InChI=1S/C10H11BrF4N2/c1-17(5-10(13,14)15)7-3-2-6(4-16)8(11)9(7)12/h2-3H,4-5,16H2,1H3. The molecule has 0 fully saturated rings. The first kappa shape index (κ1) is 14.2. The van der Waals surface area contributed by atoms with Crippen LogP contribution in [0.1, 0.15) is 5.56 Å². The molecule has 0 atom stereocenters. The van der Waals surface area contributed by atoms with Gasteiger partial charge in [0.25, 0.3) is 0 Å². The fourth-order valence-electron chi connectivity index (χ4n) is 1.39. The van der Waals surface area contributed by atoms with Crippen LogP contribution in [0.25, 0.3) is 0 Å². The number of hydrogen-bond acceptors (Lipinski definition) is 2. The smallest absolute Gasteiger partial charge is 0.363 e. The molecular formula is C10H11BrF4N2. The van der Waals surface area contributed by atoms with Crippen LogP contribution in [0.3, 0.4) is 0 Å². The summed E-state index contributed by atoms with van der Waals surface area (Å²) in [4.78, 5) is 0.806. The predicted molar refractivity (Wildman–Crippen MR) is 61.3 cm³/mol. The third kappa shape index (κ3) is 3.57. The summed E-state index contributed by atoms with van der Waals surface area (Å²) in [5, 5.41) is 0. The van der Waals surface area contributed by atoms with Gasteiger partial charge in [0.05, 0.1) is 10.2 Å². The van der Waals surface area contributed by atoms with E-state index in [-0.39, 0.29) is 16.7 Å². The van der Waals surface area contributed by atoms with E-state index >= 15 is 0 Å². The van der Waals surface area contributed by atoms with Crippen molar-refractivity contribution in [3.8, 4) is 0 Å². The van der Waals surface area contributed by atoms with Crippen LogP contribution in [0.5, 0.6) is 0 Å². The molecule has 0 spiro atoms. The second-order valence-electron chi connectivity index (χ2n) is 3.55. The number of hydrogen-bond donors (Lipinski definition) is 1. The van der Waals surface area contributed by atoms with Crippen LogP contribution in [0.4, 0.5) is 23.2 Å². The van der Waals surface area contributed by atoms with E-state index in [4.69, 9.17) is 5.73 Å². The quantitative estimate of drug-likeness (QED) is 0.869. The van der Waals surface area contributed by atoms with Gasteiger partial charge in [-0.25, -0.2) is 4.39 Å². The lowest BCUT2D eigenvalue weighted by atomic mass is 10.2. The van der Waals surface area contributed by atoms with Crippen molar-refractivity contribution in [2.75, 3.05) is 18.5 Å². The summed E-state index contributed by atoms with van der Waals surface area (Å²) < 4.78 is 50.4. The molecule has 1 aromatic carbocycles. The zero-order chi connectivity index (χ0) is 13.2. The van der Waals surface area contributed by atoms with Crippen molar-refractivity contribution in [2.45, 2.75) is 12.7 Å². The molecule has 96 valence electrons. The molecule has 0 radical (unpaired) electrons. The zero-order valence-electron chi connectivity index (χ0n) is 8.98. The van der Waals surface area contributed by atoms with Gasteiger partial charge in [-0.05, 0) is 27.6 Å². The fourth-order valence-corrected chi connectivity index (χ4v) is 1.88. The maximum Gasteiger partial charge on any atom is 0.405 e. The SMILES string of the molecule is CN(CC(F)(F)F)c1ccc(CN)c(Br)c1F. The van der Waals surface area contributed by atoms with Gasteiger partial charge >= 0.3 is 6.18 Å². The Labute approximate surface area is 105 Å². The number of halogens is 5. The minimum absolute atomic E-state index is 0.103. The van der Waals surface area contributed by atoms with Crippen molar-refractivity contribution >= 4 is 21.6 Å². The summed E-state index contributed by atoms with van der Waals surface area (Å²) in [6.07, 6.45) is -4.37. The molecular weight excluding hydrogens is 304 g/mol. The number of rotatable bonds is 3. The van der Waals surface area contributed by atoms with Gasteiger partial charge in [-0.15, -0.1) is 0 Å². The Morgan fingerprint density at radius 1 is 1.35 bits per heavy atom. The number of alkyl halides is 3. The second kappa shape index (κ2) is 5.22. The average Bonchev–Trinajstić information content (AvgIpc) is 2.19. The van der Waals surface area contributed by atoms with Crippen molar-refractivity contribution < 1.29 is 17.6 Å². The molecule has 0 aromatic heterocycles. The lowest BCUT2D eigenvalue weighted by Crippen LogP contribution is -2.31. The topological polar surface area (TPSA) is 29.3 Å². The first-order valence-electron chi connectivity index (χ1n) is 4.71. The first-order valence-corrected chi connectivity index (χ1v) is 5.50. The Bertz CT molecular complexity index is 406. The van der Waals surface area contributed by atoms with Gasteiger partial charge in [0, 0.05) is 13.6 Å². The Balaban J connectivity index is 3.03. The molecule has 0 aliphatic heterocycles. The van der Waals surface area contributed by atoms with Crippen molar-refractivity contribution in [3.05, 3.63) is 28.0 Å². The molecule has 0 unspecified atom stereocenters. The minimum atomic E-state index is -4.37. The highest BCUT2D eigenvalue weighted by Gasteiger charge is 2.30. The van der Waals surface area contributed by atoms with E-state index < -0.39 is 18.5 Å². The number of nitrogens with zero attached hydrogens (tertiary/aromatic N) is 1. The Kier molecular flexibility index (Phi) is 4.37. The molecule has 0 saturated heterocycles. The first-order chi connectivity index (χ1) is 7.76. The molecule has 2 N–H and O–H groups in total. The number of benzene rings is 1. The summed E-state index contributed by atoms with van der Waals surface area (Å²) in [6.45, 7) is -1.10. The monoisotopic (exact) mass is 314 g/mol. The van der Waals surface area contributed by atoms with E-state index in [2.05, 4.69) is 15.9 Å². The van der Waals surface area contributed by atoms with E-state index in [1.165, 1.54) is 19.2 Å². The maximum atomic E-state index is 13.8. The van der Waals surface area contributed by atoms with Crippen molar-refractivity contribution in [1.82, 2.24) is 0 Å². The highest BCUT2D eigenvalue weighted by molar-refractivity contribution is 9.10. The Morgan fingerprint density at radius 3 is 2.41 bits per heavy atom. The third-order valence-corrected chi connectivity index (χ3v) is 3.05. The number of anilines is 1. The lowest BCUT2D eigenvalue weighted by molar-refractivity contribution is -0.119. The molecule has 1 rings (SSSR count). The lowest BCUT2D eigenvalue weighted by Gasteiger charge is -2.22. The summed E-state index contributed by atoms with van der Waals surface area (Å²) >= 11 is 2.98. The van der Waals surface area contributed by atoms with Crippen molar-refractivity contribution in [3.63, 3.8) is 0 Å². The molecule has 17 heavy (non-hydrogen) atoms. The van der Waals surface area contributed by atoms with Gasteiger partial charge in [-0.1, -0.05) is 6.07 Å². The van der Waals surface area contributed by atoms with Crippen LogP contribution >= 0.6 is 15.9 Å². The summed E-state index contributed by atoms with van der Waals surface area (Å²) in [5.74, 6) is -0.736. The van der Waals surface area contributed by atoms with Gasteiger partial charge in [0.1, 0.15) is 6.54 Å². The van der Waals surface area contributed by atoms with Crippen LogP contribution in [-0.2, 0) is 6.54 Å². The normalized spacial score (nSPS) is 11.7. The van der Waals surface area contributed by atoms with E-state index in [1.54, 1.807) is 0 Å². The molecule has 0 heterocycles. The van der Waals surface area contributed by atoms with Crippen molar-refractivity contribution in [2.24, 2.45) is 5.73 Å². The Hall–Kier alpha value is -0.820. The average molecular weight is 315 g/mol.